The van der Waals surface area contributed by atoms with Crippen molar-refractivity contribution in [2.24, 2.45) is 5.92 Å². The third kappa shape index (κ3) is 6.68. The summed E-state index contributed by atoms with van der Waals surface area (Å²) >= 11 is 18.8. The zero-order valence-corrected chi connectivity index (χ0v) is 18.7. The zero-order valence-electron chi connectivity index (χ0n) is 16.5. The Bertz CT molecular complexity index is 838. The maximum atomic E-state index is 11.4. The van der Waals surface area contributed by atoms with Crippen LogP contribution in [0, 0.1) is 5.92 Å². The zero-order chi connectivity index (χ0) is 21.6. The van der Waals surface area contributed by atoms with Crippen LogP contribution in [0.5, 0.6) is 11.5 Å². The molecule has 0 aromatic heterocycles. The first-order chi connectivity index (χ1) is 13.7. The van der Waals surface area contributed by atoms with E-state index in [0.717, 1.165) is 5.56 Å². The molecule has 0 aliphatic rings. The summed E-state index contributed by atoms with van der Waals surface area (Å²) in [6, 6.07) is 8.06. The lowest BCUT2D eigenvalue weighted by molar-refractivity contribution is -0.140. The van der Waals surface area contributed by atoms with E-state index in [2.05, 4.69) is 5.32 Å². The van der Waals surface area contributed by atoms with E-state index in [1.807, 2.05) is 13.8 Å². The van der Waals surface area contributed by atoms with E-state index in [1.165, 1.54) is 7.11 Å². The number of carboxylic acid groups (broad SMARTS) is 1. The first-order valence-corrected chi connectivity index (χ1v) is 10.2. The molecule has 0 saturated heterocycles. The number of aliphatic carboxylic acids is 1. The van der Waals surface area contributed by atoms with Gasteiger partial charge in [-0.1, -0.05) is 54.7 Å². The van der Waals surface area contributed by atoms with Crippen LogP contribution in [0.3, 0.4) is 0 Å². The molecule has 2 rings (SSSR count). The molecule has 8 heteroatoms. The fourth-order valence-electron chi connectivity index (χ4n) is 2.81. The van der Waals surface area contributed by atoms with Gasteiger partial charge in [0.15, 0.2) is 11.5 Å². The topological polar surface area (TPSA) is 67.8 Å². The van der Waals surface area contributed by atoms with Crippen molar-refractivity contribution in [1.29, 1.82) is 0 Å². The predicted octanol–water partition coefficient (Wildman–Crippen LogP) is 5.82. The second-order valence-electron chi connectivity index (χ2n) is 7.00. The molecule has 1 atom stereocenters. The molecule has 0 spiro atoms. The molecule has 0 amide bonds. The number of halogens is 3. The van der Waals surface area contributed by atoms with Gasteiger partial charge in [0.05, 0.1) is 12.1 Å². The summed E-state index contributed by atoms with van der Waals surface area (Å²) in [6.45, 7) is 4.42. The number of nitrogens with one attached hydrogen (secondary N) is 1. The SMILES string of the molecule is COc1cc(CNC(CC(C)C)C(=O)O)cc(Cl)c1OCc1c(Cl)cccc1Cl. The van der Waals surface area contributed by atoms with Crippen LogP contribution in [0.1, 0.15) is 31.4 Å². The molecule has 5 nitrogen and oxygen atoms in total. The molecule has 0 bridgehead atoms. The van der Waals surface area contributed by atoms with Crippen molar-refractivity contribution in [3.05, 3.63) is 56.5 Å². The van der Waals surface area contributed by atoms with E-state index < -0.39 is 12.0 Å². The number of carbonyl (C=O) groups is 1. The summed E-state index contributed by atoms with van der Waals surface area (Å²) in [7, 11) is 1.51. The third-order valence-electron chi connectivity index (χ3n) is 4.27. The molecule has 158 valence electrons. The first-order valence-electron chi connectivity index (χ1n) is 9.11. The Kier molecular flexibility index (Phi) is 8.90. The number of carboxylic acids is 1. The summed E-state index contributed by atoms with van der Waals surface area (Å²) in [5.41, 5.74) is 1.43. The van der Waals surface area contributed by atoms with Crippen LogP contribution in [0.2, 0.25) is 15.1 Å². The smallest absolute Gasteiger partial charge is 0.320 e. The average Bonchev–Trinajstić information content (AvgIpc) is 2.65. The van der Waals surface area contributed by atoms with Gasteiger partial charge in [-0.2, -0.15) is 0 Å². The van der Waals surface area contributed by atoms with Crippen molar-refractivity contribution < 1.29 is 19.4 Å². The highest BCUT2D eigenvalue weighted by atomic mass is 35.5. The molecule has 1 unspecified atom stereocenters. The van der Waals surface area contributed by atoms with Gasteiger partial charge in [0.2, 0.25) is 0 Å². The molecule has 0 fully saturated rings. The molecule has 0 aliphatic heterocycles. The van der Waals surface area contributed by atoms with Crippen LogP contribution in [0.15, 0.2) is 30.3 Å². The monoisotopic (exact) mass is 459 g/mol. The second-order valence-corrected chi connectivity index (χ2v) is 8.22. The summed E-state index contributed by atoms with van der Waals surface area (Å²) in [5, 5.41) is 13.8. The third-order valence-corrected chi connectivity index (χ3v) is 5.26. The Morgan fingerprint density at radius 1 is 1.14 bits per heavy atom. The quantitative estimate of drug-likeness (QED) is 0.467. The van der Waals surface area contributed by atoms with Crippen molar-refractivity contribution in [3.8, 4) is 11.5 Å². The summed E-state index contributed by atoms with van der Waals surface area (Å²) in [4.78, 5) is 11.4. The second kappa shape index (κ2) is 10.9. The molecule has 2 aromatic carbocycles. The minimum atomic E-state index is -0.881. The molecular weight excluding hydrogens is 437 g/mol. The standard InChI is InChI=1S/C21H24Cl3NO4/c1-12(2)7-18(21(26)27)25-10-13-8-17(24)20(19(9-13)28-3)29-11-14-15(22)5-4-6-16(14)23/h4-6,8-9,12,18,25H,7,10-11H2,1-3H3,(H,26,27). The summed E-state index contributed by atoms with van der Waals surface area (Å²) in [5.74, 6) is 0.182. The lowest BCUT2D eigenvalue weighted by Crippen LogP contribution is -2.37. The van der Waals surface area contributed by atoms with Crippen molar-refractivity contribution in [2.45, 2.75) is 39.5 Å². The van der Waals surface area contributed by atoms with Gasteiger partial charge in [0, 0.05) is 22.2 Å². The predicted molar refractivity (Wildman–Crippen MR) is 117 cm³/mol. The summed E-state index contributed by atoms with van der Waals surface area (Å²) in [6.07, 6.45) is 0.528. The fraction of sp³-hybridized carbons (Fsp3) is 0.381. The number of hydrogen-bond acceptors (Lipinski definition) is 4. The summed E-state index contributed by atoms with van der Waals surface area (Å²) < 4.78 is 11.3. The minimum Gasteiger partial charge on any atom is -0.493 e. The van der Waals surface area contributed by atoms with E-state index in [1.54, 1.807) is 30.3 Å². The van der Waals surface area contributed by atoms with Gasteiger partial charge in [0.25, 0.3) is 0 Å². The van der Waals surface area contributed by atoms with Gasteiger partial charge in [0.1, 0.15) is 12.6 Å². The number of ether oxygens (including phenoxy) is 2. The number of methoxy groups -OCH3 is 1. The molecule has 2 N–H and O–H groups in total. The average molecular weight is 461 g/mol. The molecule has 2 aromatic rings. The van der Waals surface area contributed by atoms with Gasteiger partial charge < -0.3 is 19.9 Å². The maximum Gasteiger partial charge on any atom is 0.320 e. The molecule has 0 radical (unpaired) electrons. The molecular formula is C21H24Cl3NO4. The Hall–Kier alpha value is -1.66. The van der Waals surface area contributed by atoms with Gasteiger partial charge in [-0.15, -0.1) is 0 Å². The van der Waals surface area contributed by atoms with Crippen LogP contribution in [-0.2, 0) is 17.9 Å². The minimum absolute atomic E-state index is 0.127. The van der Waals surface area contributed by atoms with E-state index in [4.69, 9.17) is 44.3 Å². The van der Waals surface area contributed by atoms with E-state index in [0.29, 0.717) is 45.1 Å². The van der Waals surface area contributed by atoms with Crippen molar-refractivity contribution >= 4 is 40.8 Å². The van der Waals surface area contributed by atoms with Crippen LogP contribution in [-0.4, -0.2) is 24.2 Å². The van der Waals surface area contributed by atoms with Gasteiger partial charge >= 0.3 is 5.97 Å². The number of rotatable bonds is 10. The number of hydrogen-bond donors (Lipinski definition) is 2. The highest BCUT2D eigenvalue weighted by Crippen LogP contribution is 2.38. The van der Waals surface area contributed by atoms with Crippen molar-refractivity contribution in [3.63, 3.8) is 0 Å². The Morgan fingerprint density at radius 2 is 1.79 bits per heavy atom. The Morgan fingerprint density at radius 3 is 2.34 bits per heavy atom. The van der Waals surface area contributed by atoms with E-state index >= 15 is 0 Å². The van der Waals surface area contributed by atoms with E-state index in [-0.39, 0.29) is 12.5 Å². The molecule has 0 aliphatic carbocycles. The van der Waals surface area contributed by atoms with Crippen molar-refractivity contribution in [1.82, 2.24) is 5.32 Å². The van der Waals surface area contributed by atoms with Crippen LogP contribution < -0.4 is 14.8 Å². The van der Waals surface area contributed by atoms with Crippen LogP contribution >= 0.6 is 34.8 Å². The highest BCUT2D eigenvalue weighted by molar-refractivity contribution is 6.36. The largest absolute Gasteiger partial charge is 0.493 e. The highest BCUT2D eigenvalue weighted by Gasteiger charge is 2.19. The fourth-order valence-corrected chi connectivity index (χ4v) is 3.61. The molecule has 0 heterocycles. The van der Waals surface area contributed by atoms with Crippen molar-refractivity contribution in [2.75, 3.05) is 7.11 Å². The lowest BCUT2D eigenvalue weighted by Gasteiger charge is -2.18. The molecule has 0 saturated carbocycles. The molecule has 29 heavy (non-hydrogen) atoms. The Balaban J connectivity index is 2.15. The van der Waals surface area contributed by atoms with E-state index in [9.17, 15) is 9.90 Å². The van der Waals surface area contributed by atoms with Gasteiger partial charge in [-0.25, -0.2) is 0 Å². The lowest BCUT2D eigenvalue weighted by atomic mass is 10.0. The number of benzene rings is 2. The van der Waals surface area contributed by atoms with Crippen LogP contribution in [0.25, 0.3) is 0 Å². The maximum absolute atomic E-state index is 11.4. The van der Waals surface area contributed by atoms with Crippen LogP contribution in [0.4, 0.5) is 0 Å². The Labute approximate surface area is 185 Å². The van der Waals surface area contributed by atoms with Gasteiger partial charge in [-0.3, -0.25) is 4.79 Å². The normalized spacial score (nSPS) is 12.1. The first kappa shape index (κ1) is 23.6. The van der Waals surface area contributed by atoms with Gasteiger partial charge in [-0.05, 0) is 42.2 Å².